The molecule has 102 valence electrons. The first-order valence-corrected chi connectivity index (χ1v) is 5.82. The van der Waals surface area contributed by atoms with Gasteiger partial charge < -0.3 is 14.6 Å². The van der Waals surface area contributed by atoms with Crippen molar-refractivity contribution in [2.75, 3.05) is 6.61 Å². The van der Waals surface area contributed by atoms with Gasteiger partial charge in [0.05, 0.1) is 11.0 Å². The number of para-hydroxylation sites is 2. The van der Waals surface area contributed by atoms with Gasteiger partial charge in [-0.3, -0.25) is 10.1 Å². The Morgan fingerprint density at radius 1 is 1.47 bits per heavy atom. The van der Waals surface area contributed by atoms with Gasteiger partial charge in [0, 0.05) is 6.07 Å². The topological polar surface area (TPSA) is 98.9 Å². The molecular formula is C12H13NO6. The van der Waals surface area contributed by atoms with E-state index in [2.05, 4.69) is 0 Å². The molecule has 0 amide bonds. The molecule has 7 heteroatoms. The van der Waals surface area contributed by atoms with E-state index in [4.69, 9.17) is 14.6 Å². The maximum Gasteiger partial charge on any atom is 0.332 e. The van der Waals surface area contributed by atoms with Crippen LogP contribution >= 0.6 is 0 Å². The normalized spacial score (nSPS) is 22.1. The molecule has 0 aliphatic carbocycles. The van der Waals surface area contributed by atoms with Crippen molar-refractivity contribution in [2.24, 2.45) is 0 Å². The quantitative estimate of drug-likeness (QED) is 0.642. The van der Waals surface area contributed by atoms with Crippen molar-refractivity contribution in [1.82, 2.24) is 0 Å². The minimum Gasteiger partial charge on any atom is -0.484 e. The summed E-state index contributed by atoms with van der Waals surface area (Å²) < 4.78 is 10.6. The number of carboxylic acids is 1. The van der Waals surface area contributed by atoms with Crippen molar-refractivity contribution < 1.29 is 24.3 Å². The molecule has 2 rings (SSSR count). The number of ether oxygens (including phenoxy) is 2. The highest BCUT2D eigenvalue weighted by Crippen LogP contribution is 2.27. The SMILES string of the molecule is O=C(O)C1CCC(COc2ccccc2[N+](=O)[O-])O1. The summed E-state index contributed by atoms with van der Waals surface area (Å²) in [5.74, 6) is -0.830. The van der Waals surface area contributed by atoms with E-state index in [0.29, 0.717) is 12.8 Å². The van der Waals surface area contributed by atoms with Gasteiger partial charge in [0.25, 0.3) is 0 Å². The van der Waals surface area contributed by atoms with Gasteiger partial charge in [0.1, 0.15) is 6.61 Å². The van der Waals surface area contributed by atoms with Gasteiger partial charge in [0.15, 0.2) is 11.9 Å². The molecule has 0 aromatic heterocycles. The first kappa shape index (κ1) is 13.3. The van der Waals surface area contributed by atoms with E-state index in [0.717, 1.165) is 0 Å². The summed E-state index contributed by atoms with van der Waals surface area (Å²) in [6.45, 7) is 0.106. The standard InChI is InChI=1S/C12H13NO6/c14-12(15)11-6-5-8(19-11)7-18-10-4-2-1-3-9(10)13(16)17/h1-4,8,11H,5-7H2,(H,14,15). The minimum absolute atomic E-state index is 0.106. The van der Waals surface area contributed by atoms with Crippen LogP contribution in [0, 0.1) is 10.1 Å². The number of rotatable bonds is 5. The smallest absolute Gasteiger partial charge is 0.332 e. The third-order valence-corrected chi connectivity index (χ3v) is 2.87. The van der Waals surface area contributed by atoms with Crippen molar-refractivity contribution in [3.8, 4) is 5.75 Å². The predicted octanol–water partition coefficient (Wildman–Crippen LogP) is 1.61. The summed E-state index contributed by atoms with van der Waals surface area (Å²) in [5, 5.41) is 19.6. The van der Waals surface area contributed by atoms with Crippen LogP contribution in [-0.2, 0) is 9.53 Å². The molecule has 19 heavy (non-hydrogen) atoms. The Kier molecular flexibility index (Phi) is 3.96. The highest BCUT2D eigenvalue weighted by molar-refractivity contribution is 5.72. The van der Waals surface area contributed by atoms with Gasteiger partial charge in [-0.1, -0.05) is 12.1 Å². The van der Waals surface area contributed by atoms with E-state index in [1.54, 1.807) is 12.1 Å². The zero-order valence-electron chi connectivity index (χ0n) is 10.0. The molecule has 0 radical (unpaired) electrons. The van der Waals surface area contributed by atoms with E-state index in [1.165, 1.54) is 12.1 Å². The Balaban J connectivity index is 1.93. The molecule has 0 saturated carbocycles. The van der Waals surface area contributed by atoms with Crippen LogP contribution in [0.2, 0.25) is 0 Å². The zero-order valence-corrected chi connectivity index (χ0v) is 10.0. The van der Waals surface area contributed by atoms with Crippen molar-refractivity contribution in [1.29, 1.82) is 0 Å². The predicted molar refractivity (Wildman–Crippen MR) is 64.1 cm³/mol. The second kappa shape index (κ2) is 5.66. The van der Waals surface area contributed by atoms with Gasteiger partial charge in [-0.25, -0.2) is 4.79 Å². The Morgan fingerprint density at radius 2 is 2.21 bits per heavy atom. The summed E-state index contributed by atoms with van der Waals surface area (Å²) in [7, 11) is 0. The fourth-order valence-electron chi connectivity index (χ4n) is 1.92. The van der Waals surface area contributed by atoms with Crippen LogP contribution in [0.25, 0.3) is 0 Å². The zero-order chi connectivity index (χ0) is 13.8. The number of hydrogen-bond acceptors (Lipinski definition) is 5. The first-order chi connectivity index (χ1) is 9.08. The minimum atomic E-state index is -0.992. The van der Waals surface area contributed by atoms with Crippen molar-refractivity contribution in [3.63, 3.8) is 0 Å². The Hall–Kier alpha value is -2.15. The molecule has 1 aromatic rings. The molecule has 1 saturated heterocycles. The maximum atomic E-state index is 10.8. The second-order valence-corrected chi connectivity index (χ2v) is 4.20. The summed E-state index contributed by atoms with van der Waals surface area (Å²) in [4.78, 5) is 21.0. The Morgan fingerprint density at radius 3 is 2.84 bits per heavy atom. The van der Waals surface area contributed by atoms with Crippen molar-refractivity contribution in [2.45, 2.75) is 25.0 Å². The number of aliphatic carboxylic acids is 1. The summed E-state index contributed by atoms with van der Waals surface area (Å²) in [5.41, 5.74) is -0.115. The number of nitro benzene ring substituents is 1. The number of hydrogen-bond donors (Lipinski definition) is 1. The van der Waals surface area contributed by atoms with Crippen molar-refractivity contribution >= 4 is 11.7 Å². The molecule has 1 aliphatic heterocycles. The Labute approximate surface area is 108 Å². The number of nitrogens with zero attached hydrogens (tertiary/aromatic N) is 1. The van der Waals surface area contributed by atoms with Gasteiger partial charge >= 0.3 is 11.7 Å². The summed E-state index contributed by atoms with van der Waals surface area (Å²) in [6, 6.07) is 6.04. The van der Waals surface area contributed by atoms with Gasteiger partial charge in [0.2, 0.25) is 0 Å². The van der Waals surface area contributed by atoms with Crippen LogP contribution in [0.4, 0.5) is 5.69 Å². The lowest BCUT2D eigenvalue weighted by Gasteiger charge is -2.12. The average Bonchev–Trinajstić information content (AvgIpc) is 2.85. The summed E-state index contributed by atoms with van der Waals surface area (Å²) >= 11 is 0. The van der Waals surface area contributed by atoms with Crippen LogP contribution in [0.1, 0.15) is 12.8 Å². The molecule has 1 fully saturated rings. The van der Waals surface area contributed by atoms with Crippen LogP contribution in [0.3, 0.4) is 0 Å². The molecule has 0 bridgehead atoms. The van der Waals surface area contributed by atoms with Gasteiger partial charge in [-0.15, -0.1) is 0 Å². The monoisotopic (exact) mass is 267 g/mol. The molecule has 1 aromatic carbocycles. The van der Waals surface area contributed by atoms with Crippen LogP contribution in [-0.4, -0.2) is 34.8 Å². The third-order valence-electron chi connectivity index (χ3n) is 2.87. The van der Waals surface area contributed by atoms with Crippen LogP contribution in [0.15, 0.2) is 24.3 Å². The third kappa shape index (κ3) is 3.19. The molecule has 2 unspecified atom stereocenters. The largest absolute Gasteiger partial charge is 0.484 e. The van der Waals surface area contributed by atoms with E-state index in [-0.39, 0.29) is 24.1 Å². The molecule has 2 atom stereocenters. The van der Waals surface area contributed by atoms with E-state index >= 15 is 0 Å². The molecule has 0 spiro atoms. The van der Waals surface area contributed by atoms with E-state index < -0.39 is 17.0 Å². The maximum absolute atomic E-state index is 10.8. The summed E-state index contributed by atoms with van der Waals surface area (Å²) in [6.07, 6.45) is -0.155. The Bertz CT molecular complexity index is 489. The second-order valence-electron chi connectivity index (χ2n) is 4.20. The lowest BCUT2D eigenvalue weighted by molar-refractivity contribution is -0.385. The lowest BCUT2D eigenvalue weighted by Crippen LogP contribution is -2.23. The number of carboxylic acid groups (broad SMARTS) is 1. The highest BCUT2D eigenvalue weighted by Gasteiger charge is 2.31. The fourth-order valence-corrected chi connectivity index (χ4v) is 1.92. The van der Waals surface area contributed by atoms with Crippen molar-refractivity contribution in [3.05, 3.63) is 34.4 Å². The lowest BCUT2D eigenvalue weighted by atomic mass is 10.2. The molecular weight excluding hydrogens is 254 g/mol. The van der Waals surface area contributed by atoms with E-state index in [1.807, 2.05) is 0 Å². The first-order valence-electron chi connectivity index (χ1n) is 5.82. The average molecular weight is 267 g/mol. The van der Waals surface area contributed by atoms with E-state index in [9.17, 15) is 14.9 Å². The van der Waals surface area contributed by atoms with Gasteiger partial charge in [-0.05, 0) is 18.9 Å². The highest BCUT2D eigenvalue weighted by atomic mass is 16.6. The number of benzene rings is 1. The molecule has 1 heterocycles. The van der Waals surface area contributed by atoms with Gasteiger partial charge in [-0.2, -0.15) is 0 Å². The van der Waals surface area contributed by atoms with Crippen LogP contribution < -0.4 is 4.74 Å². The van der Waals surface area contributed by atoms with Crippen LogP contribution in [0.5, 0.6) is 5.75 Å². The molecule has 7 nitrogen and oxygen atoms in total. The molecule has 1 N–H and O–H groups in total. The number of nitro groups is 1. The fraction of sp³-hybridized carbons (Fsp3) is 0.417. The number of carbonyl (C=O) groups is 1. The molecule has 1 aliphatic rings.